The van der Waals surface area contributed by atoms with E-state index < -0.39 is 5.91 Å². The molecule has 110 valence electrons. The molecule has 0 atom stereocenters. The lowest BCUT2D eigenvalue weighted by Crippen LogP contribution is -2.18. The summed E-state index contributed by atoms with van der Waals surface area (Å²) in [5, 5.41) is 3.26. The summed E-state index contributed by atoms with van der Waals surface area (Å²) in [5.41, 5.74) is 7.63. The fraction of sp³-hybridized carbons (Fsp3) is 0.250. The average Bonchev–Trinajstić information content (AvgIpc) is 2.48. The summed E-state index contributed by atoms with van der Waals surface area (Å²) < 4.78 is 1.69. The first kappa shape index (κ1) is 14.8. The van der Waals surface area contributed by atoms with Crippen molar-refractivity contribution in [3.8, 4) is 0 Å². The fourth-order valence-corrected chi connectivity index (χ4v) is 2.04. The van der Waals surface area contributed by atoms with Crippen molar-refractivity contribution in [2.75, 3.05) is 5.32 Å². The Bertz CT molecular complexity index is 675. The number of amides is 1. The number of anilines is 1. The van der Waals surface area contributed by atoms with Crippen molar-refractivity contribution in [1.29, 1.82) is 0 Å². The van der Waals surface area contributed by atoms with Crippen molar-refractivity contribution in [3.05, 3.63) is 64.1 Å². The molecule has 0 aliphatic carbocycles. The summed E-state index contributed by atoms with van der Waals surface area (Å²) in [6.45, 7) is 3.36. The highest BCUT2D eigenvalue weighted by Crippen LogP contribution is 2.09. The van der Waals surface area contributed by atoms with Crippen LogP contribution in [0.25, 0.3) is 0 Å². The summed E-state index contributed by atoms with van der Waals surface area (Å²) in [4.78, 5) is 22.6. The zero-order valence-corrected chi connectivity index (χ0v) is 12.0. The quantitative estimate of drug-likeness (QED) is 0.852. The van der Waals surface area contributed by atoms with Gasteiger partial charge in [-0.05, 0) is 30.2 Å². The first-order chi connectivity index (χ1) is 10.1. The molecule has 2 rings (SSSR count). The van der Waals surface area contributed by atoms with Crippen molar-refractivity contribution < 1.29 is 4.79 Å². The zero-order valence-electron chi connectivity index (χ0n) is 12.0. The molecule has 0 unspecified atom stereocenters. The van der Waals surface area contributed by atoms with Crippen LogP contribution in [0.2, 0.25) is 0 Å². The minimum atomic E-state index is -0.429. The largest absolute Gasteiger partial charge is 0.380 e. The molecule has 2 aromatic rings. The smallest absolute Gasteiger partial charge is 0.250 e. The number of aromatic nitrogens is 1. The van der Waals surface area contributed by atoms with Crippen LogP contribution < -0.4 is 16.6 Å². The Morgan fingerprint density at radius 2 is 1.90 bits per heavy atom. The van der Waals surface area contributed by atoms with E-state index in [0.717, 1.165) is 17.7 Å². The Kier molecular flexibility index (Phi) is 4.77. The second-order valence-electron chi connectivity index (χ2n) is 4.86. The molecule has 0 saturated heterocycles. The van der Waals surface area contributed by atoms with Gasteiger partial charge in [-0.1, -0.05) is 19.1 Å². The monoisotopic (exact) mass is 285 g/mol. The molecular formula is C16H19N3O2. The molecule has 0 aliphatic heterocycles. The van der Waals surface area contributed by atoms with E-state index in [9.17, 15) is 9.59 Å². The minimum absolute atomic E-state index is 0.00760. The Morgan fingerprint density at radius 3 is 2.52 bits per heavy atom. The van der Waals surface area contributed by atoms with Crippen LogP contribution in [0.5, 0.6) is 0 Å². The number of nitrogens with one attached hydrogen (secondary N) is 1. The van der Waals surface area contributed by atoms with Crippen LogP contribution in [0.1, 0.15) is 29.3 Å². The molecule has 0 aliphatic rings. The predicted octanol–water partition coefficient (Wildman–Crippen LogP) is 1.97. The highest BCUT2D eigenvalue weighted by atomic mass is 16.1. The Hall–Kier alpha value is -2.56. The average molecular weight is 285 g/mol. The van der Waals surface area contributed by atoms with E-state index in [1.165, 1.54) is 0 Å². The molecule has 0 radical (unpaired) electrons. The van der Waals surface area contributed by atoms with Crippen LogP contribution in [0.15, 0.2) is 47.4 Å². The molecule has 0 bridgehead atoms. The van der Waals surface area contributed by atoms with Gasteiger partial charge in [0.1, 0.15) is 0 Å². The summed E-state index contributed by atoms with van der Waals surface area (Å²) >= 11 is 0. The molecule has 1 aromatic heterocycles. The molecule has 1 aromatic carbocycles. The molecule has 0 fully saturated rings. The number of carbonyl (C=O) groups is 1. The topological polar surface area (TPSA) is 77.1 Å². The minimum Gasteiger partial charge on any atom is -0.380 e. The first-order valence-electron chi connectivity index (χ1n) is 6.93. The zero-order chi connectivity index (χ0) is 15.2. The van der Waals surface area contributed by atoms with Gasteiger partial charge >= 0.3 is 0 Å². The number of rotatable bonds is 6. The number of nitrogens with zero attached hydrogens (tertiary/aromatic N) is 1. The van der Waals surface area contributed by atoms with Gasteiger partial charge in [0.25, 0.3) is 5.56 Å². The Morgan fingerprint density at radius 1 is 1.19 bits per heavy atom. The number of benzene rings is 1. The van der Waals surface area contributed by atoms with E-state index in [0.29, 0.717) is 18.7 Å². The molecular weight excluding hydrogens is 266 g/mol. The van der Waals surface area contributed by atoms with Crippen molar-refractivity contribution in [2.45, 2.75) is 26.4 Å². The van der Waals surface area contributed by atoms with Gasteiger partial charge in [-0.2, -0.15) is 0 Å². The van der Waals surface area contributed by atoms with Crippen LogP contribution in [0.4, 0.5) is 5.69 Å². The lowest BCUT2D eigenvalue weighted by molar-refractivity contribution is 0.100. The second kappa shape index (κ2) is 6.74. The molecule has 1 amide bonds. The number of nitrogens with two attached hydrogens (primary N) is 1. The van der Waals surface area contributed by atoms with E-state index in [4.69, 9.17) is 5.73 Å². The summed E-state index contributed by atoms with van der Waals surface area (Å²) in [6.07, 6.45) is 2.74. The lowest BCUT2D eigenvalue weighted by Gasteiger charge is -2.10. The molecule has 5 nitrogen and oxygen atoms in total. The molecule has 3 N–H and O–H groups in total. The van der Waals surface area contributed by atoms with E-state index in [-0.39, 0.29) is 5.56 Å². The molecule has 0 spiro atoms. The van der Waals surface area contributed by atoms with Gasteiger partial charge in [0.15, 0.2) is 0 Å². The number of aryl methyl sites for hydroxylation is 1. The third-order valence-electron chi connectivity index (χ3n) is 3.18. The maximum Gasteiger partial charge on any atom is 0.250 e. The van der Waals surface area contributed by atoms with Crippen molar-refractivity contribution >= 4 is 11.6 Å². The van der Waals surface area contributed by atoms with Crippen molar-refractivity contribution in [1.82, 2.24) is 4.57 Å². The van der Waals surface area contributed by atoms with Gasteiger partial charge < -0.3 is 15.6 Å². The van der Waals surface area contributed by atoms with Gasteiger partial charge in [0.05, 0.1) is 5.69 Å². The molecule has 5 heteroatoms. The number of carbonyl (C=O) groups excluding carboxylic acids is 1. The Balaban J connectivity index is 2.04. The third kappa shape index (κ3) is 3.95. The first-order valence-corrected chi connectivity index (χ1v) is 6.93. The number of hydrogen-bond acceptors (Lipinski definition) is 3. The van der Waals surface area contributed by atoms with Crippen LogP contribution in [-0.2, 0) is 13.1 Å². The van der Waals surface area contributed by atoms with Crippen molar-refractivity contribution in [3.63, 3.8) is 0 Å². The van der Waals surface area contributed by atoms with E-state index in [2.05, 4.69) is 5.32 Å². The maximum atomic E-state index is 11.6. The predicted molar refractivity (Wildman–Crippen MR) is 83.3 cm³/mol. The fourth-order valence-electron chi connectivity index (χ4n) is 2.04. The number of hydrogen-bond donors (Lipinski definition) is 2. The summed E-state index contributed by atoms with van der Waals surface area (Å²) in [7, 11) is 0. The van der Waals surface area contributed by atoms with Crippen LogP contribution in [0, 0.1) is 0 Å². The number of primary amides is 1. The summed E-state index contributed by atoms with van der Waals surface area (Å²) in [6, 6.07) is 10.5. The highest BCUT2D eigenvalue weighted by Gasteiger charge is 2.01. The number of pyridine rings is 1. The molecule has 0 saturated carbocycles. The van der Waals surface area contributed by atoms with Crippen molar-refractivity contribution in [2.24, 2.45) is 5.73 Å². The molecule has 1 heterocycles. The second-order valence-corrected chi connectivity index (χ2v) is 4.86. The van der Waals surface area contributed by atoms with Gasteiger partial charge in [0, 0.05) is 30.9 Å². The van der Waals surface area contributed by atoms with Gasteiger partial charge in [-0.25, -0.2) is 0 Å². The molecule has 21 heavy (non-hydrogen) atoms. The van der Waals surface area contributed by atoms with Crippen LogP contribution >= 0.6 is 0 Å². The highest BCUT2D eigenvalue weighted by molar-refractivity contribution is 5.92. The summed E-state index contributed by atoms with van der Waals surface area (Å²) in [5.74, 6) is -0.429. The van der Waals surface area contributed by atoms with Gasteiger partial charge in [0.2, 0.25) is 5.91 Å². The lowest BCUT2D eigenvalue weighted by atomic mass is 10.1. The van der Waals surface area contributed by atoms with Crippen LogP contribution in [-0.4, -0.2) is 10.5 Å². The van der Waals surface area contributed by atoms with Gasteiger partial charge in [-0.3, -0.25) is 9.59 Å². The third-order valence-corrected chi connectivity index (χ3v) is 3.18. The van der Waals surface area contributed by atoms with Gasteiger partial charge in [-0.15, -0.1) is 0 Å². The van der Waals surface area contributed by atoms with E-state index in [1.54, 1.807) is 28.8 Å². The SMILES string of the molecule is CCCn1cc(NCc2ccc(C(N)=O)cc2)ccc1=O. The standard InChI is InChI=1S/C16H19N3O2/c1-2-9-19-11-14(7-8-15(19)20)18-10-12-3-5-13(6-4-12)16(17)21/h3-8,11,18H,2,9-10H2,1H3,(H2,17,21). The normalized spacial score (nSPS) is 10.3. The Labute approximate surface area is 123 Å². The maximum absolute atomic E-state index is 11.6. The van der Waals surface area contributed by atoms with E-state index >= 15 is 0 Å². The van der Waals surface area contributed by atoms with E-state index in [1.807, 2.05) is 25.3 Å². The van der Waals surface area contributed by atoms with Crippen LogP contribution in [0.3, 0.4) is 0 Å².